The van der Waals surface area contributed by atoms with E-state index in [-0.39, 0.29) is 0 Å². The third-order valence-electron chi connectivity index (χ3n) is 2.20. The summed E-state index contributed by atoms with van der Waals surface area (Å²) in [6.07, 6.45) is 2.56. The third kappa shape index (κ3) is 1.74. The molecule has 76 valence electrons. The number of nitrogens with zero attached hydrogens (tertiary/aromatic N) is 2. The van der Waals surface area contributed by atoms with E-state index in [1.807, 2.05) is 18.2 Å². The van der Waals surface area contributed by atoms with Gasteiger partial charge in [-0.25, -0.2) is 0 Å². The summed E-state index contributed by atoms with van der Waals surface area (Å²) in [5.41, 5.74) is 1.47. The van der Waals surface area contributed by atoms with Crippen LogP contribution in [-0.4, -0.2) is 4.73 Å². The van der Waals surface area contributed by atoms with Crippen molar-refractivity contribution in [2.45, 2.75) is 6.92 Å². The Morgan fingerprint density at radius 2 is 1.93 bits per heavy atom. The third-order valence-corrected chi connectivity index (χ3v) is 2.20. The molecule has 0 aliphatic carbocycles. The zero-order valence-electron chi connectivity index (χ0n) is 8.25. The van der Waals surface area contributed by atoms with Gasteiger partial charge in [0.2, 0.25) is 6.20 Å². The summed E-state index contributed by atoms with van der Waals surface area (Å²) < 4.78 is 1.40. The van der Waals surface area contributed by atoms with E-state index in [1.165, 1.54) is 12.4 Å². The fourth-order valence-corrected chi connectivity index (χ4v) is 1.38. The summed E-state index contributed by atoms with van der Waals surface area (Å²) in [7, 11) is 0. The maximum Gasteiger partial charge on any atom is 0.285 e. The van der Waals surface area contributed by atoms with E-state index in [2.05, 4.69) is 0 Å². The van der Waals surface area contributed by atoms with E-state index < -0.39 is 0 Å². The Hall–Kier alpha value is -2.10. The highest BCUT2D eigenvalue weighted by atomic mass is 16.5. The molecule has 0 saturated heterocycles. The molecule has 0 amide bonds. The molecule has 0 saturated carbocycles. The normalized spacial score (nSPS) is 10.2. The average molecular weight is 202 g/mol. The van der Waals surface area contributed by atoms with Gasteiger partial charge in [-0.2, -0.15) is 0 Å². The van der Waals surface area contributed by atoms with Crippen molar-refractivity contribution < 1.29 is 4.43 Å². The van der Waals surface area contributed by atoms with Crippen LogP contribution in [0.1, 0.15) is 5.69 Å². The molecular formula is C11H10N2O2. The van der Waals surface area contributed by atoms with E-state index in [9.17, 15) is 10.1 Å². The highest BCUT2D eigenvalue weighted by Gasteiger charge is 2.11. The molecule has 0 fully saturated rings. The number of hydrogen-bond donors (Lipinski definition) is 0. The Morgan fingerprint density at radius 3 is 2.60 bits per heavy atom. The summed E-state index contributed by atoms with van der Waals surface area (Å²) in [6, 6.07) is 9.09. The van der Waals surface area contributed by atoms with Crippen LogP contribution in [0.25, 0.3) is 11.3 Å². The van der Waals surface area contributed by atoms with Crippen LogP contribution in [0.5, 0.6) is 0 Å². The van der Waals surface area contributed by atoms with Crippen LogP contribution in [0.2, 0.25) is 0 Å². The molecule has 4 nitrogen and oxygen atoms in total. The summed E-state index contributed by atoms with van der Waals surface area (Å²) in [4.78, 5) is 11.6. The minimum absolute atomic E-state index is 0.358. The van der Waals surface area contributed by atoms with Crippen molar-refractivity contribution in [3.05, 3.63) is 58.5 Å². The minimum atomic E-state index is 0.358. The number of aromatic nitrogens is 2. The molecule has 0 unspecified atom stereocenters. The molecule has 0 atom stereocenters. The van der Waals surface area contributed by atoms with Gasteiger partial charge in [0, 0.05) is 4.91 Å². The first-order valence-electron chi connectivity index (χ1n) is 4.57. The highest BCUT2D eigenvalue weighted by molar-refractivity contribution is 5.54. The lowest BCUT2D eigenvalue weighted by Gasteiger charge is -2.10. The second-order valence-electron chi connectivity index (χ2n) is 3.30. The molecule has 0 spiro atoms. The molecule has 1 aromatic heterocycles. The van der Waals surface area contributed by atoms with Crippen molar-refractivity contribution >= 4 is 0 Å². The van der Waals surface area contributed by atoms with E-state index >= 15 is 0 Å². The van der Waals surface area contributed by atoms with E-state index in [1.54, 1.807) is 19.1 Å². The summed E-state index contributed by atoms with van der Waals surface area (Å²) in [5.74, 6) is 0. The first-order chi connectivity index (χ1) is 7.18. The van der Waals surface area contributed by atoms with Crippen LogP contribution in [0.4, 0.5) is 0 Å². The van der Waals surface area contributed by atoms with Crippen LogP contribution < -0.4 is 4.43 Å². The second kappa shape index (κ2) is 3.57. The minimum Gasteiger partial charge on any atom is -0.805 e. The predicted octanol–water partition coefficient (Wildman–Crippen LogP) is 1.72. The van der Waals surface area contributed by atoms with Gasteiger partial charge in [0.1, 0.15) is 0 Å². The molecule has 1 heterocycles. The molecule has 2 rings (SSSR count). The lowest BCUT2D eigenvalue weighted by Crippen LogP contribution is -2.20. The number of benzene rings is 1. The van der Waals surface area contributed by atoms with Crippen molar-refractivity contribution in [2.75, 3.05) is 0 Å². The molecule has 2 aromatic rings. The molecule has 0 N–H and O–H groups in total. The first kappa shape index (κ1) is 9.45. The first-order valence-corrected chi connectivity index (χ1v) is 4.57. The maximum atomic E-state index is 11.6. The van der Waals surface area contributed by atoms with Crippen LogP contribution in [0, 0.1) is 17.0 Å². The van der Waals surface area contributed by atoms with Crippen LogP contribution in [0.3, 0.4) is 0 Å². The standard InChI is InChI=1S/C11H10N2O2/c1-9-7-13(15)11(8-12(9)14)10-5-3-2-4-6-10/h2-8H,1H3. The number of hydrogen-bond acceptors (Lipinski definition) is 2. The molecule has 0 aliphatic rings. The van der Waals surface area contributed by atoms with Crippen molar-refractivity contribution in [3.8, 4) is 11.3 Å². The molecule has 0 bridgehead atoms. The monoisotopic (exact) mass is 202 g/mol. The SMILES string of the molecule is Cc1c[n+](=O)c(-c2ccccc2)cn1[O-]. The number of aryl methyl sites for hydroxylation is 1. The van der Waals surface area contributed by atoms with Gasteiger partial charge >= 0.3 is 0 Å². The van der Waals surface area contributed by atoms with Crippen LogP contribution in [-0.2, 0) is 0 Å². The van der Waals surface area contributed by atoms with Gasteiger partial charge in [-0.3, -0.25) is 0 Å². The van der Waals surface area contributed by atoms with Gasteiger partial charge in [0.25, 0.3) is 5.69 Å². The highest BCUT2D eigenvalue weighted by Crippen LogP contribution is 2.13. The zero-order chi connectivity index (χ0) is 10.8. The molecule has 0 aliphatic heterocycles. The van der Waals surface area contributed by atoms with Crippen molar-refractivity contribution in [3.63, 3.8) is 0 Å². The maximum absolute atomic E-state index is 11.6. The topological polar surface area (TPSA) is 51.0 Å². The number of rotatable bonds is 1. The van der Waals surface area contributed by atoms with Gasteiger partial charge in [0.05, 0.1) is 21.9 Å². The van der Waals surface area contributed by atoms with Crippen molar-refractivity contribution in [1.29, 1.82) is 0 Å². The van der Waals surface area contributed by atoms with Gasteiger partial charge in [0.15, 0.2) is 0 Å². The summed E-state index contributed by atoms with van der Waals surface area (Å²) in [5, 5.41) is 11.3. The average Bonchev–Trinajstić information content (AvgIpc) is 2.25. The van der Waals surface area contributed by atoms with E-state index in [4.69, 9.17) is 0 Å². The fraction of sp³-hybridized carbons (Fsp3) is 0.0909. The lowest BCUT2D eigenvalue weighted by atomic mass is 10.2. The Morgan fingerprint density at radius 1 is 1.27 bits per heavy atom. The summed E-state index contributed by atoms with van der Waals surface area (Å²) in [6.45, 7) is 1.59. The molecule has 4 heteroatoms. The second-order valence-corrected chi connectivity index (χ2v) is 3.30. The Labute approximate surface area is 86.6 Å². The van der Waals surface area contributed by atoms with Gasteiger partial charge in [-0.05, 0) is 19.1 Å². The quantitative estimate of drug-likeness (QED) is 0.661. The van der Waals surface area contributed by atoms with Gasteiger partial charge in [-0.15, -0.1) is 0 Å². The fourth-order valence-electron chi connectivity index (χ4n) is 1.38. The summed E-state index contributed by atoms with van der Waals surface area (Å²) >= 11 is 0. The van der Waals surface area contributed by atoms with E-state index in [0.29, 0.717) is 20.5 Å². The Bertz CT molecular complexity index is 532. The van der Waals surface area contributed by atoms with Crippen LogP contribution in [0.15, 0.2) is 42.7 Å². The molecular weight excluding hydrogens is 192 g/mol. The van der Waals surface area contributed by atoms with E-state index in [0.717, 1.165) is 5.56 Å². The largest absolute Gasteiger partial charge is 0.805 e. The van der Waals surface area contributed by atoms with Crippen molar-refractivity contribution in [2.24, 2.45) is 0 Å². The smallest absolute Gasteiger partial charge is 0.285 e. The molecule has 1 aromatic carbocycles. The predicted molar refractivity (Wildman–Crippen MR) is 56.7 cm³/mol. The van der Waals surface area contributed by atoms with Crippen molar-refractivity contribution in [1.82, 2.24) is 4.73 Å². The Kier molecular flexibility index (Phi) is 2.25. The lowest BCUT2D eigenvalue weighted by molar-refractivity contribution is -0.483. The van der Waals surface area contributed by atoms with Gasteiger partial charge < -0.3 is 9.94 Å². The Balaban J connectivity index is 2.65. The molecule has 0 radical (unpaired) electrons. The van der Waals surface area contributed by atoms with Crippen LogP contribution >= 0.6 is 0 Å². The van der Waals surface area contributed by atoms with Gasteiger partial charge in [-0.1, -0.05) is 18.2 Å². The zero-order valence-corrected chi connectivity index (χ0v) is 8.25. The molecule has 15 heavy (non-hydrogen) atoms.